The molecule has 0 aliphatic heterocycles. The van der Waals surface area contributed by atoms with Crippen LogP contribution in [0.2, 0.25) is 0 Å². The molecule has 0 saturated heterocycles. The van der Waals surface area contributed by atoms with Crippen LogP contribution in [0.25, 0.3) is 16.5 Å². The first-order valence-corrected chi connectivity index (χ1v) is 4.02. The minimum Gasteiger partial charge on any atom is -0.258 e. The Labute approximate surface area is 84.8 Å². The van der Waals surface area contributed by atoms with Gasteiger partial charge in [-0.25, -0.2) is 0 Å². The standard InChI is InChI=1S/C8H7N5O2/c9-12-11-4-1-2-7-6-8(13(14)15)3-5-10-7/h1-3,5-6H,4H2. The molecule has 0 radical (unpaired) electrons. The van der Waals surface area contributed by atoms with Gasteiger partial charge in [0.05, 0.1) is 10.6 Å². The zero-order chi connectivity index (χ0) is 11.1. The fourth-order valence-electron chi connectivity index (χ4n) is 0.898. The van der Waals surface area contributed by atoms with E-state index in [1.807, 2.05) is 0 Å². The Balaban J connectivity index is 2.77. The molecule has 1 rings (SSSR count). The fraction of sp³-hybridized carbons (Fsp3) is 0.125. The van der Waals surface area contributed by atoms with Crippen molar-refractivity contribution in [2.45, 2.75) is 0 Å². The van der Waals surface area contributed by atoms with Crippen LogP contribution in [-0.2, 0) is 0 Å². The lowest BCUT2D eigenvalue weighted by Gasteiger charge is -1.92. The molecule has 15 heavy (non-hydrogen) atoms. The molecule has 0 aliphatic rings. The third-order valence-electron chi connectivity index (χ3n) is 1.51. The van der Waals surface area contributed by atoms with Gasteiger partial charge in [-0.3, -0.25) is 15.1 Å². The van der Waals surface area contributed by atoms with Gasteiger partial charge in [0.1, 0.15) is 0 Å². The molecule has 0 fully saturated rings. The molecule has 0 unspecified atom stereocenters. The number of nitro groups is 1. The van der Waals surface area contributed by atoms with E-state index in [1.54, 1.807) is 12.2 Å². The van der Waals surface area contributed by atoms with Crippen molar-refractivity contribution in [3.05, 3.63) is 50.7 Å². The monoisotopic (exact) mass is 205 g/mol. The summed E-state index contributed by atoms with van der Waals surface area (Å²) in [6, 6.07) is 2.65. The maximum Gasteiger partial charge on any atom is 0.273 e. The summed E-state index contributed by atoms with van der Waals surface area (Å²) in [5.41, 5.74) is 8.44. The average Bonchev–Trinajstić information content (AvgIpc) is 2.25. The van der Waals surface area contributed by atoms with Gasteiger partial charge < -0.3 is 0 Å². The van der Waals surface area contributed by atoms with E-state index in [9.17, 15) is 10.1 Å². The van der Waals surface area contributed by atoms with E-state index in [0.717, 1.165) is 0 Å². The zero-order valence-electron chi connectivity index (χ0n) is 7.65. The SMILES string of the molecule is [N-]=[N+]=NCC=Cc1cc([N+](=O)[O-])ccn1. The molecule has 1 aromatic heterocycles. The van der Waals surface area contributed by atoms with Gasteiger partial charge in [0.25, 0.3) is 5.69 Å². The highest BCUT2D eigenvalue weighted by Gasteiger charge is 2.03. The highest BCUT2D eigenvalue weighted by Crippen LogP contribution is 2.11. The molecule has 76 valence electrons. The third-order valence-corrected chi connectivity index (χ3v) is 1.51. The van der Waals surface area contributed by atoms with Crippen molar-refractivity contribution in [1.29, 1.82) is 0 Å². The van der Waals surface area contributed by atoms with Crippen molar-refractivity contribution in [3.8, 4) is 0 Å². The molecule has 0 atom stereocenters. The lowest BCUT2D eigenvalue weighted by Crippen LogP contribution is -1.89. The molecule has 1 heterocycles. The number of nitrogens with zero attached hydrogens (tertiary/aromatic N) is 5. The third kappa shape index (κ3) is 3.45. The maximum atomic E-state index is 10.4. The molecule has 0 bridgehead atoms. The quantitative estimate of drug-likeness (QED) is 0.247. The topological polar surface area (TPSA) is 105 Å². The van der Waals surface area contributed by atoms with E-state index >= 15 is 0 Å². The van der Waals surface area contributed by atoms with Crippen LogP contribution < -0.4 is 0 Å². The van der Waals surface area contributed by atoms with Crippen LogP contribution in [0.4, 0.5) is 5.69 Å². The first kappa shape index (κ1) is 10.7. The van der Waals surface area contributed by atoms with E-state index in [-0.39, 0.29) is 12.2 Å². The molecule has 7 nitrogen and oxygen atoms in total. The molecule has 0 saturated carbocycles. The van der Waals surface area contributed by atoms with Gasteiger partial charge in [-0.15, -0.1) is 0 Å². The largest absolute Gasteiger partial charge is 0.273 e. The van der Waals surface area contributed by atoms with E-state index in [4.69, 9.17) is 5.53 Å². The van der Waals surface area contributed by atoms with Gasteiger partial charge >= 0.3 is 0 Å². The van der Waals surface area contributed by atoms with Crippen LogP contribution in [-0.4, -0.2) is 16.5 Å². The number of azide groups is 1. The summed E-state index contributed by atoms with van der Waals surface area (Å²) in [7, 11) is 0. The minimum atomic E-state index is -0.494. The van der Waals surface area contributed by atoms with Gasteiger partial charge in [0.2, 0.25) is 0 Å². The summed E-state index contributed by atoms with van der Waals surface area (Å²) in [4.78, 5) is 16.4. The molecule has 0 spiro atoms. The van der Waals surface area contributed by atoms with Crippen molar-refractivity contribution in [2.24, 2.45) is 5.11 Å². The second-order valence-corrected chi connectivity index (χ2v) is 2.51. The van der Waals surface area contributed by atoms with Crippen LogP contribution in [0.5, 0.6) is 0 Å². The zero-order valence-corrected chi connectivity index (χ0v) is 7.65. The summed E-state index contributed by atoms with van der Waals surface area (Å²) in [6.07, 6.45) is 4.48. The Morgan fingerprint density at radius 1 is 1.73 bits per heavy atom. The second kappa shape index (κ2) is 5.36. The van der Waals surface area contributed by atoms with Crippen LogP contribution in [0, 0.1) is 10.1 Å². The average molecular weight is 205 g/mol. The lowest BCUT2D eigenvalue weighted by atomic mass is 10.3. The molecular weight excluding hydrogens is 198 g/mol. The number of aromatic nitrogens is 1. The molecule has 0 aromatic carbocycles. The number of hydrogen-bond acceptors (Lipinski definition) is 4. The van der Waals surface area contributed by atoms with Gasteiger partial charge in [-0.1, -0.05) is 11.2 Å². The first-order chi connectivity index (χ1) is 7.24. The minimum absolute atomic E-state index is 0.0200. The maximum absolute atomic E-state index is 10.4. The van der Waals surface area contributed by atoms with Crippen molar-refractivity contribution in [1.82, 2.24) is 4.98 Å². The predicted molar refractivity (Wildman–Crippen MR) is 53.9 cm³/mol. The van der Waals surface area contributed by atoms with E-state index < -0.39 is 4.92 Å². The Morgan fingerprint density at radius 2 is 2.53 bits per heavy atom. The summed E-state index contributed by atoms with van der Waals surface area (Å²) >= 11 is 0. The van der Waals surface area contributed by atoms with E-state index in [0.29, 0.717) is 5.69 Å². The highest BCUT2D eigenvalue weighted by molar-refractivity contribution is 5.48. The number of pyridine rings is 1. The van der Waals surface area contributed by atoms with Crippen molar-refractivity contribution in [3.63, 3.8) is 0 Å². The van der Waals surface area contributed by atoms with Gasteiger partial charge in [0.15, 0.2) is 0 Å². The molecule has 1 aromatic rings. The summed E-state index contributed by atoms with van der Waals surface area (Å²) in [6.45, 7) is 0.195. The van der Waals surface area contributed by atoms with Crippen molar-refractivity contribution >= 4 is 11.8 Å². The van der Waals surface area contributed by atoms with Gasteiger partial charge in [-0.05, 0) is 11.6 Å². The predicted octanol–water partition coefficient (Wildman–Crippen LogP) is 2.31. The number of hydrogen-bond donors (Lipinski definition) is 0. The Morgan fingerprint density at radius 3 is 3.20 bits per heavy atom. The van der Waals surface area contributed by atoms with Gasteiger partial charge in [-0.2, -0.15) is 0 Å². The normalized spacial score (nSPS) is 9.87. The van der Waals surface area contributed by atoms with Crippen LogP contribution in [0.3, 0.4) is 0 Å². The summed E-state index contributed by atoms with van der Waals surface area (Å²) in [5.74, 6) is 0. The van der Waals surface area contributed by atoms with Crippen LogP contribution >= 0.6 is 0 Å². The molecule has 7 heteroatoms. The lowest BCUT2D eigenvalue weighted by molar-refractivity contribution is -0.384. The van der Waals surface area contributed by atoms with Crippen LogP contribution in [0.15, 0.2) is 29.5 Å². The Hall–Kier alpha value is -2.40. The molecule has 0 aliphatic carbocycles. The molecule has 0 N–H and O–H groups in total. The molecule has 0 amide bonds. The van der Waals surface area contributed by atoms with Crippen molar-refractivity contribution in [2.75, 3.05) is 6.54 Å². The highest BCUT2D eigenvalue weighted by atomic mass is 16.6. The second-order valence-electron chi connectivity index (χ2n) is 2.51. The van der Waals surface area contributed by atoms with Gasteiger partial charge in [0, 0.05) is 29.8 Å². The Bertz CT molecular complexity index is 436. The summed E-state index contributed by atoms with van der Waals surface area (Å²) < 4.78 is 0. The summed E-state index contributed by atoms with van der Waals surface area (Å²) in [5, 5.41) is 13.7. The van der Waals surface area contributed by atoms with Crippen LogP contribution in [0.1, 0.15) is 5.69 Å². The van der Waals surface area contributed by atoms with E-state index in [2.05, 4.69) is 15.0 Å². The number of rotatable bonds is 4. The van der Waals surface area contributed by atoms with Crippen molar-refractivity contribution < 1.29 is 4.92 Å². The fourth-order valence-corrected chi connectivity index (χ4v) is 0.898. The molecular formula is C8H7N5O2. The Kier molecular flexibility index (Phi) is 3.81. The first-order valence-electron chi connectivity index (χ1n) is 4.02. The smallest absolute Gasteiger partial charge is 0.258 e. The van der Waals surface area contributed by atoms with E-state index in [1.165, 1.54) is 18.3 Å².